The van der Waals surface area contributed by atoms with Crippen LogP contribution in [0.5, 0.6) is 5.75 Å². The summed E-state index contributed by atoms with van der Waals surface area (Å²) in [6.45, 7) is 5.79. The third-order valence-electron chi connectivity index (χ3n) is 8.24. The maximum Gasteiger partial charge on any atom is 0.348 e. The van der Waals surface area contributed by atoms with Crippen molar-refractivity contribution in [1.29, 1.82) is 0 Å². The highest BCUT2D eigenvalue weighted by Gasteiger charge is 2.34. The highest BCUT2D eigenvalue weighted by molar-refractivity contribution is 5.82. The predicted octanol–water partition coefficient (Wildman–Crippen LogP) is 11.3. The molecule has 0 amide bonds. The quantitative estimate of drug-likeness (QED) is 0.0705. The molecule has 234 valence electrons. The van der Waals surface area contributed by atoms with Crippen LogP contribution >= 0.6 is 0 Å². The van der Waals surface area contributed by atoms with E-state index >= 15 is 4.39 Å². The van der Waals surface area contributed by atoms with Crippen molar-refractivity contribution in [3.05, 3.63) is 66.5 Å². The first-order valence-electron chi connectivity index (χ1n) is 16.9. The minimum atomic E-state index is -1.99. The number of esters is 1. The van der Waals surface area contributed by atoms with E-state index in [1.54, 1.807) is 12.1 Å². The van der Waals surface area contributed by atoms with E-state index in [4.69, 9.17) is 4.74 Å². The molecule has 0 saturated heterocycles. The molecule has 1 atom stereocenters. The number of carbonyl (C=O) groups excluding carboxylic acids is 1. The van der Waals surface area contributed by atoms with Crippen molar-refractivity contribution >= 4 is 5.97 Å². The fourth-order valence-electron chi connectivity index (χ4n) is 5.45. The number of hydrogen-bond donors (Lipinski definition) is 0. The Labute approximate surface area is 259 Å². The van der Waals surface area contributed by atoms with Gasteiger partial charge in [-0.05, 0) is 61.4 Å². The molecular weight excluding hydrogens is 535 g/mol. The fourth-order valence-corrected chi connectivity index (χ4v) is 5.45. The SMILES string of the molecule is CCCCCCCCCCC(C)(F)C(=O)Oc1ccc(-c2ccccc2-c2ncc(CCCCCCCCC)cn2)cc1. The van der Waals surface area contributed by atoms with Crippen LogP contribution in [-0.2, 0) is 11.2 Å². The monoisotopic (exact) mass is 588 g/mol. The van der Waals surface area contributed by atoms with Crippen molar-refractivity contribution in [3.63, 3.8) is 0 Å². The minimum Gasteiger partial charge on any atom is -0.424 e. The van der Waals surface area contributed by atoms with Crippen LogP contribution in [0.15, 0.2) is 60.9 Å². The summed E-state index contributed by atoms with van der Waals surface area (Å²) in [4.78, 5) is 22.0. The summed E-state index contributed by atoms with van der Waals surface area (Å²) in [5, 5.41) is 0. The van der Waals surface area contributed by atoms with Crippen LogP contribution < -0.4 is 4.74 Å². The molecule has 0 bridgehead atoms. The van der Waals surface area contributed by atoms with Gasteiger partial charge >= 0.3 is 5.97 Å². The lowest BCUT2D eigenvalue weighted by Gasteiger charge is -2.18. The van der Waals surface area contributed by atoms with Crippen LogP contribution in [0.1, 0.15) is 129 Å². The Morgan fingerprint density at radius 2 is 1.21 bits per heavy atom. The van der Waals surface area contributed by atoms with Gasteiger partial charge in [0.1, 0.15) is 5.75 Å². The molecule has 0 saturated carbocycles. The van der Waals surface area contributed by atoms with Gasteiger partial charge in [-0.3, -0.25) is 0 Å². The van der Waals surface area contributed by atoms with Gasteiger partial charge in [0.05, 0.1) is 0 Å². The molecule has 2 aromatic carbocycles. The number of halogens is 1. The average Bonchev–Trinajstić information content (AvgIpc) is 3.02. The van der Waals surface area contributed by atoms with Crippen molar-refractivity contribution in [3.8, 4) is 28.3 Å². The third-order valence-corrected chi connectivity index (χ3v) is 8.24. The number of unbranched alkanes of at least 4 members (excludes halogenated alkanes) is 13. The Hall–Kier alpha value is -3.08. The predicted molar refractivity (Wildman–Crippen MR) is 177 cm³/mol. The standard InChI is InChI=1S/C38H53FN2O2/c1-4-6-8-10-12-14-16-20-28-38(3,39)37(42)43-33-26-24-32(25-27-33)34-22-18-19-23-35(34)36-40-29-31(30-41-36)21-17-15-13-11-9-7-5-2/h18-19,22-27,29-30H,4-17,20-21,28H2,1-3H3. The number of alkyl halides is 1. The largest absolute Gasteiger partial charge is 0.424 e. The van der Waals surface area contributed by atoms with Crippen LogP contribution in [0.4, 0.5) is 4.39 Å². The van der Waals surface area contributed by atoms with Gasteiger partial charge in [-0.15, -0.1) is 0 Å². The maximum absolute atomic E-state index is 15.1. The highest BCUT2D eigenvalue weighted by atomic mass is 19.1. The zero-order valence-electron chi connectivity index (χ0n) is 26.9. The normalized spacial score (nSPS) is 12.7. The summed E-state index contributed by atoms with van der Waals surface area (Å²) in [6.07, 6.45) is 23.0. The van der Waals surface area contributed by atoms with Gasteiger partial charge in [-0.1, -0.05) is 134 Å². The van der Waals surface area contributed by atoms with Crippen LogP contribution in [0.3, 0.4) is 0 Å². The van der Waals surface area contributed by atoms with Crippen LogP contribution in [0.25, 0.3) is 22.5 Å². The average molecular weight is 589 g/mol. The van der Waals surface area contributed by atoms with E-state index in [1.807, 2.05) is 48.8 Å². The molecule has 1 unspecified atom stereocenters. The van der Waals surface area contributed by atoms with E-state index in [2.05, 4.69) is 23.8 Å². The number of ether oxygens (including phenoxy) is 1. The number of aryl methyl sites for hydroxylation is 1. The van der Waals surface area contributed by atoms with Crippen molar-refractivity contribution < 1.29 is 13.9 Å². The fraction of sp³-hybridized carbons (Fsp3) is 0.553. The maximum atomic E-state index is 15.1. The number of benzene rings is 2. The van der Waals surface area contributed by atoms with Gasteiger partial charge < -0.3 is 4.74 Å². The molecule has 4 nitrogen and oxygen atoms in total. The summed E-state index contributed by atoms with van der Waals surface area (Å²) in [6, 6.07) is 15.3. The molecule has 0 radical (unpaired) electrons. The summed E-state index contributed by atoms with van der Waals surface area (Å²) in [5.74, 6) is 0.203. The molecule has 0 aliphatic rings. The molecule has 1 aromatic heterocycles. The van der Waals surface area contributed by atoms with E-state index in [-0.39, 0.29) is 6.42 Å². The first-order valence-corrected chi connectivity index (χ1v) is 16.9. The lowest BCUT2D eigenvalue weighted by molar-refractivity contribution is -0.147. The second-order valence-corrected chi connectivity index (χ2v) is 12.2. The van der Waals surface area contributed by atoms with Crippen LogP contribution in [0, 0.1) is 0 Å². The van der Waals surface area contributed by atoms with Gasteiger partial charge in [0.2, 0.25) is 5.67 Å². The number of hydrogen-bond acceptors (Lipinski definition) is 4. The van der Waals surface area contributed by atoms with Crippen LogP contribution in [0.2, 0.25) is 0 Å². The van der Waals surface area contributed by atoms with Gasteiger partial charge in [0.15, 0.2) is 5.82 Å². The Balaban J connectivity index is 1.51. The second-order valence-electron chi connectivity index (χ2n) is 12.2. The zero-order chi connectivity index (χ0) is 30.8. The third kappa shape index (κ3) is 12.2. The van der Waals surface area contributed by atoms with Crippen LogP contribution in [-0.4, -0.2) is 21.6 Å². The van der Waals surface area contributed by atoms with Gasteiger partial charge in [-0.25, -0.2) is 19.2 Å². The second kappa shape index (κ2) is 19.2. The number of nitrogens with zero attached hydrogens (tertiary/aromatic N) is 2. The molecule has 0 fully saturated rings. The number of aromatic nitrogens is 2. The van der Waals surface area contributed by atoms with Gasteiger partial charge in [0, 0.05) is 18.0 Å². The molecular formula is C38H53FN2O2. The number of rotatable bonds is 21. The first-order chi connectivity index (χ1) is 20.9. The molecule has 3 aromatic rings. The van der Waals surface area contributed by atoms with Gasteiger partial charge in [0.25, 0.3) is 0 Å². The Kier molecular flexibility index (Phi) is 15.4. The van der Waals surface area contributed by atoms with Crippen molar-refractivity contribution in [2.75, 3.05) is 0 Å². The summed E-state index contributed by atoms with van der Waals surface area (Å²) >= 11 is 0. The molecule has 1 heterocycles. The molecule has 0 N–H and O–H groups in total. The molecule has 0 spiro atoms. The molecule has 3 rings (SSSR count). The van der Waals surface area contributed by atoms with Crippen molar-refractivity contribution in [1.82, 2.24) is 9.97 Å². The zero-order valence-corrected chi connectivity index (χ0v) is 26.9. The summed E-state index contributed by atoms with van der Waals surface area (Å²) in [5.41, 5.74) is 2.06. The van der Waals surface area contributed by atoms with Crippen molar-refractivity contribution in [2.24, 2.45) is 0 Å². The van der Waals surface area contributed by atoms with E-state index in [1.165, 1.54) is 89.5 Å². The Morgan fingerprint density at radius 3 is 1.79 bits per heavy atom. The van der Waals surface area contributed by atoms with E-state index < -0.39 is 11.6 Å². The molecule has 0 aliphatic carbocycles. The topological polar surface area (TPSA) is 52.1 Å². The van der Waals surface area contributed by atoms with Gasteiger partial charge in [-0.2, -0.15) is 0 Å². The summed E-state index contributed by atoms with van der Waals surface area (Å²) in [7, 11) is 0. The minimum absolute atomic E-state index is 0.185. The molecule has 5 heteroatoms. The Bertz CT molecular complexity index is 1190. The molecule has 43 heavy (non-hydrogen) atoms. The summed E-state index contributed by atoms with van der Waals surface area (Å²) < 4.78 is 20.6. The number of carbonyl (C=O) groups is 1. The lowest BCUT2D eigenvalue weighted by Crippen LogP contribution is -2.34. The van der Waals surface area contributed by atoms with E-state index in [0.29, 0.717) is 18.0 Å². The smallest absolute Gasteiger partial charge is 0.348 e. The lowest BCUT2D eigenvalue weighted by atomic mass is 9.98. The molecule has 0 aliphatic heterocycles. The first kappa shape index (κ1) is 34.4. The Morgan fingerprint density at radius 1 is 0.698 bits per heavy atom. The van der Waals surface area contributed by atoms with Crippen molar-refractivity contribution in [2.45, 2.75) is 136 Å². The van der Waals surface area contributed by atoms with E-state index in [0.717, 1.165) is 36.0 Å². The highest BCUT2D eigenvalue weighted by Crippen LogP contribution is 2.32. The van der Waals surface area contributed by atoms with E-state index in [9.17, 15) is 4.79 Å².